The lowest BCUT2D eigenvalue weighted by Crippen LogP contribution is -2.15. The van der Waals surface area contributed by atoms with Crippen molar-refractivity contribution in [3.8, 4) is 0 Å². The third-order valence-corrected chi connectivity index (χ3v) is 4.08. The summed E-state index contributed by atoms with van der Waals surface area (Å²) in [6.07, 6.45) is 3.29. The van der Waals surface area contributed by atoms with Gasteiger partial charge in [0.2, 0.25) is 0 Å². The molecule has 1 aliphatic carbocycles. The van der Waals surface area contributed by atoms with Gasteiger partial charge in [0, 0.05) is 12.2 Å². The molecule has 1 aliphatic rings. The van der Waals surface area contributed by atoms with Crippen molar-refractivity contribution in [1.29, 1.82) is 0 Å². The van der Waals surface area contributed by atoms with E-state index in [4.69, 9.17) is 22.9 Å². The molecule has 3 rings (SSSR count). The van der Waals surface area contributed by atoms with Gasteiger partial charge in [-0.05, 0) is 43.4 Å². The highest BCUT2D eigenvalue weighted by atomic mass is 32.1. The Morgan fingerprint density at radius 1 is 1.33 bits per heavy atom. The van der Waals surface area contributed by atoms with Crippen LogP contribution in [0.2, 0.25) is 0 Å². The summed E-state index contributed by atoms with van der Waals surface area (Å²) in [5.74, 6) is 0.810. The molecule has 0 radical (unpaired) electrons. The lowest BCUT2D eigenvalue weighted by Gasteiger charge is -2.13. The van der Waals surface area contributed by atoms with E-state index in [2.05, 4.69) is 42.6 Å². The molecular weight excluding hydrogens is 278 g/mol. The molecule has 0 bridgehead atoms. The minimum atomic E-state index is 0.406. The van der Waals surface area contributed by atoms with Crippen LogP contribution in [0, 0.1) is 6.92 Å². The van der Waals surface area contributed by atoms with Crippen molar-refractivity contribution in [3.63, 3.8) is 0 Å². The maximum absolute atomic E-state index is 5.85. The van der Waals surface area contributed by atoms with E-state index in [1.807, 2.05) is 0 Å². The maximum Gasteiger partial charge on any atom is 0.136 e. The molecule has 0 amide bonds. The van der Waals surface area contributed by atoms with Gasteiger partial charge >= 0.3 is 0 Å². The number of nitrogens with zero attached hydrogens (tertiary/aromatic N) is 1. The summed E-state index contributed by atoms with van der Waals surface area (Å²) >= 11 is 5.17. The Morgan fingerprint density at radius 2 is 2.19 bits per heavy atom. The molecule has 0 saturated carbocycles. The van der Waals surface area contributed by atoms with Crippen LogP contribution in [0.4, 0.5) is 5.82 Å². The van der Waals surface area contributed by atoms with Gasteiger partial charge < -0.3 is 11.1 Å². The van der Waals surface area contributed by atoms with Crippen LogP contribution in [0.15, 0.2) is 30.3 Å². The molecule has 0 fully saturated rings. The Labute approximate surface area is 130 Å². The fourth-order valence-corrected chi connectivity index (χ4v) is 2.96. The van der Waals surface area contributed by atoms with Crippen molar-refractivity contribution < 1.29 is 0 Å². The smallest absolute Gasteiger partial charge is 0.136 e. The van der Waals surface area contributed by atoms with Gasteiger partial charge in [0.1, 0.15) is 10.8 Å². The number of pyridine rings is 1. The first-order valence-corrected chi connectivity index (χ1v) is 7.66. The van der Waals surface area contributed by atoms with Crippen molar-refractivity contribution >= 4 is 23.0 Å². The fourth-order valence-electron chi connectivity index (χ4n) is 2.80. The number of aryl methyl sites for hydroxylation is 3. The van der Waals surface area contributed by atoms with Crippen LogP contribution in [-0.2, 0) is 19.4 Å². The van der Waals surface area contributed by atoms with Crippen LogP contribution < -0.4 is 11.1 Å². The first-order valence-electron chi connectivity index (χ1n) is 7.25. The third-order valence-electron chi connectivity index (χ3n) is 3.86. The molecule has 0 spiro atoms. The Hall–Kier alpha value is -1.94. The van der Waals surface area contributed by atoms with E-state index in [9.17, 15) is 0 Å². The zero-order valence-electron chi connectivity index (χ0n) is 12.1. The van der Waals surface area contributed by atoms with Gasteiger partial charge in [0.25, 0.3) is 0 Å². The van der Waals surface area contributed by atoms with Gasteiger partial charge in [-0.2, -0.15) is 0 Å². The SMILES string of the molecule is Cc1cccc(CNc2nc3c(cc2C(N)=S)CCC3)c1. The van der Waals surface area contributed by atoms with E-state index in [1.165, 1.54) is 28.8 Å². The lowest BCUT2D eigenvalue weighted by molar-refractivity contribution is 0.899. The Balaban J connectivity index is 1.86. The molecule has 21 heavy (non-hydrogen) atoms. The Kier molecular flexibility index (Phi) is 3.88. The molecule has 2 aromatic rings. The van der Waals surface area contributed by atoms with E-state index < -0.39 is 0 Å². The summed E-state index contributed by atoms with van der Waals surface area (Å²) in [5.41, 5.74) is 11.7. The second-order valence-electron chi connectivity index (χ2n) is 5.55. The highest BCUT2D eigenvalue weighted by Gasteiger charge is 2.17. The average Bonchev–Trinajstić information content (AvgIpc) is 2.91. The van der Waals surface area contributed by atoms with E-state index in [0.717, 1.165) is 30.8 Å². The molecular formula is C17H19N3S. The van der Waals surface area contributed by atoms with Crippen molar-refractivity contribution in [2.75, 3.05) is 5.32 Å². The van der Waals surface area contributed by atoms with Crippen LogP contribution in [0.3, 0.4) is 0 Å². The number of rotatable bonds is 4. The number of hydrogen-bond acceptors (Lipinski definition) is 3. The molecule has 1 aromatic heterocycles. The molecule has 3 N–H and O–H groups in total. The van der Waals surface area contributed by atoms with Crippen LogP contribution >= 0.6 is 12.2 Å². The van der Waals surface area contributed by atoms with Crippen LogP contribution in [0.5, 0.6) is 0 Å². The summed E-state index contributed by atoms with van der Waals surface area (Å²) in [4.78, 5) is 5.14. The summed E-state index contributed by atoms with van der Waals surface area (Å²) in [6, 6.07) is 10.5. The first kappa shape index (κ1) is 14.0. The van der Waals surface area contributed by atoms with Gasteiger partial charge in [-0.25, -0.2) is 4.98 Å². The summed E-state index contributed by atoms with van der Waals surface area (Å²) < 4.78 is 0. The first-order chi connectivity index (χ1) is 10.1. The highest BCUT2D eigenvalue weighted by molar-refractivity contribution is 7.80. The number of fused-ring (bicyclic) bond motifs is 1. The normalized spacial score (nSPS) is 13.0. The summed E-state index contributed by atoms with van der Waals surface area (Å²) in [7, 11) is 0. The van der Waals surface area contributed by atoms with Crippen molar-refractivity contribution in [2.45, 2.75) is 32.7 Å². The molecule has 4 heteroatoms. The number of nitrogens with one attached hydrogen (secondary N) is 1. The molecule has 1 heterocycles. The minimum absolute atomic E-state index is 0.406. The van der Waals surface area contributed by atoms with E-state index in [-0.39, 0.29) is 0 Å². The molecule has 108 valence electrons. The van der Waals surface area contributed by atoms with E-state index >= 15 is 0 Å². The second kappa shape index (κ2) is 5.82. The summed E-state index contributed by atoms with van der Waals surface area (Å²) in [5, 5.41) is 3.39. The molecule has 0 aliphatic heterocycles. The predicted molar refractivity (Wildman–Crippen MR) is 90.7 cm³/mol. The standard InChI is InChI=1S/C17H19N3S/c1-11-4-2-5-12(8-11)10-19-17-14(16(18)21)9-13-6-3-7-15(13)20-17/h2,4-5,8-9H,3,6-7,10H2,1H3,(H2,18,21)(H,19,20). The van der Waals surface area contributed by atoms with Crippen molar-refractivity contribution in [1.82, 2.24) is 4.98 Å². The van der Waals surface area contributed by atoms with Crippen LogP contribution in [0.1, 0.15) is 34.4 Å². The molecule has 1 aromatic carbocycles. The number of hydrogen-bond donors (Lipinski definition) is 2. The van der Waals surface area contributed by atoms with E-state index in [1.54, 1.807) is 0 Å². The van der Waals surface area contributed by atoms with Crippen LogP contribution in [-0.4, -0.2) is 9.97 Å². The minimum Gasteiger partial charge on any atom is -0.389 e. The molecule has 0 saturated heterocycles. The largest absolute Gasteiger partial charge is 0.389 e. The molecule has 3 nitrogen and oxygen atoms in total. The van der Waals surface area contributed by atoms with Gasteiger partial charge in [0.15, 0.2) is 0 Å². The molecule has 0 atom stereocenters. The number of thiocarbonyl (C=S) groups is 1. The fraction of sp³-hybridized carbons (Fsp3) is 0.294. The lowest BCUT2D eigenvalue weighted by atomic mass is 10.1. The van der Waals surface area contributed by atoms with Gasteiger partial charge in [-0.3, -0.25) is 0 Å². The monoisotopic (exact) mass is 297 g/mol. The van der Waals surface area contributed by atoms with Gasteiger partial charge in [-0.1, -0.05) is 42.0 Å². The van der Waals surface area contributed by atoms with Crippen molar-refractivity contribution in [2.24, 2.45) is 5.73 Å². The Morgan fingerprint density at radius 3 is 2.95 bits per heavy atom. The van der Waals surface area contributed by atoms with Gasteiger partial charge in [0.05, 0.1) is 5.56 Å². The highest BCUT2D eigenvalue weighted by Crippen LogP contribution is 2.25. The van der Waals surface area contributed by atoms with Gasteiger partial charge in [-0.15, -0.1) is 0 Å². The predicted octanol–water partition coefficient (Wildman–Crippen LogP) is 3.13. The molecule has 0 unspecified atom stereocenters. The Bertz CT molecular complexity index is 694. The summed E-state index contributed by atoms with van der Waals surface area (Å²) in [6.45, 7) is 2.82. The number of anilines is 1. The third kappa shape index (κ3) is 3.05. The average molecular weight is 297 g/mol. The van der Waals surface area contributed by atoms with E-state index in [0.29, 0.717) is 4.99 Å². The number of nitrogens with two attached hydrogens (primary N) is 1. The maximum atomic E-state index is 5.85. The number of benzene rings is 1. The van der Waals surface area contributed by atoms with Crippen LogP contribution in [0.25, 0.3) is 0 Å². The zero-order chi connectivity index (χ0) is 14.8. The van der Waals surface area contributed by atoms with Crippen molar-refractivity contribution in [3.05, 3.63) is 58.3 Å². The number of aromatic nitrogens is 1. The topological polar surface area (TPSA) is 50.9 Å². The second-order valence-corrected chi connectivity index (χ2v) is 5.99. The quantitative estimate of drug-likeness (QED) is 0.851. The zero-order valence-corrected chi connectivity index (χ0v) is 13.0.